The molecule has 1 amide bonds. The number of likely N-dealkylation sites (tertiary alicyclic amines) is 1. The minimum absolute atomic E-state index is 0.0960. The van der Waals surface area contributed by atoms with Crippen molar-refractivity contribution >= 4 is 28.6 Å². The predicted octanol–water partition coefficient (Wildman–Crippen LogP) is 1.74. The molecule has 5 N–H and O–H groups in total. The van der Waals surface area contributed by atoms with Crippen LogP contribution in [0.25, 0.3) is 0 Å². The summed E-state index contributed by atoms with van der Waals surface area (Å²) < 4.78 is 24.2. The normalized spacial score (nSPS) is 20.7. The highest BCUT2D eigenvalue weighted by atomic mass is 32.2. The van der Waals surface area contributed by atoms with E-state index in [1.807, 2.05) is 0 Å². The van der Waals surface area contributed by atoms with Crippen LogP contribution < -0.4 is 15.2 Å². The van der Waals surface area contributed by atoms with Crippen molar-refractivity contribution in [3.05, 3.63) is 47.5 Å². The van der Waals surface area contributed by atoms with Gasteiger partial charge in [0.15, 0.2) is 0 Å². The molecule has 2 aromatic carbocycles. The number of hydrogen-bond donors (Lipinski definition) is 4. The second kappa shape index (κ2) is 8.23. The van der Waals surface area contributed by atoms with E-state index in [9.17, 15) is 19.2 Å². The number of aromatic hydroxyl groups is 2. The quantitative estimate of drug-likeness (QED) is 0.583. The summed E-state index contributed by atoms with van der Waals surface area (Å²) in [6.07, 6.45) is 1.71. The summed E-state index contributed by atoms with van der Waals surface area (Å²) in [6, 6.07) is 9.26. The number of anilines is 1. The van der Waals surface area contributed by atoms with Crippen molar-refractivity contribution in [2.75, 3.05) is 24.4 Å². The van der Waals surface area contributed by atoms with Gasteiger partial charge in [-0.05, 0) is 37.1 Å². The molecule has 10 heteroatoms. The van der Waals surface area contributed by atoms with Crippen LogP contribution in [-0.4, -0.2) is 50.8 Å². The molecule has 1 saturated heterocycles. The maximum atomic E-state index is 12.8. The highest BCUT2D eigenvalue weighted by molar-refractivity contribution is 7.85. The summed E-state index contributed by atoms with van der Waals surface area (Å²) in [6.45, 7) is 1.45. The number of nitrogens with one attached hydrogen (secondary N) is 1. The highest BCUT2D eigenvalue weighted by Gasteiger charge is 2.27. The molecule has 30 heavy (non-hydrogen) atoms. The van der Waals surface area contributed by atoms with E-state index >= 15 is 0 Å². The van der Waals surface area contributed by atoms with Crippen LogP contribution in [-0.2, 0) is 11.2 Å². The van der Waals surface area contributed by atoms with Crippen LogP contribution in [0.4, 0.5) is 5.69 Å². The lowest BCUT2D eigenvalue weighted by atomic mass is 9.98. The van der Waals surface area contributed by atoms with E-state index in [0.29, 0.717) is 36.7 Å². The van der Waals surface area contributed by atoms with Gasteiger partial charge < -0.3 is 25.6 Å². The Bertz CT molecular complexity index is 1040. The van der Waals surface area contributed by atoms with Gasteiger partial charge >= 0.3 is 0 Å². The SMILES string of the molecule is NC1=NS(=O)Nc2cccc(OCC3CCCN(C(=O)c4ccc(O)cc4O)C3)c21. The zero-order chi connectivity index (χ0) is 21.3. The summed E-state index contributed by atoms with van der Waals surface area (Å²) >= 11 is -1.60. The molecule has 0 saturated carbocycles. The number of amides is 1. The number of benzene rings is 2. The second-order valence-corrected chi connectivity index (χ2v) is 8.16. The van der Waals surface area contributed by atoms with Crippen LogP contribution in [0.5, 0.6) is 17.2 Å². The number of nitrogens with two attached hydrogens (primary N) is 1. The molecule has 0 aromatic heterocycles. The number of fused-ring (bicyclic) bond motifs is 1. The van der Waals surface area contributed by atoms with Gasteiger partial charge in [-0.3, -0.25) is 9.52 Å². The van der Waals surface area contributed by atoms with Crippen molar-refractivity contribution in [1.29, 1.82) is 0 Å². The third kappa shape index (κ3) is 4.04. The van der Waals surface area contributed by atoms with Crippen molar-refractivity contribution in [3.63, 3.8) is 0 Å². The largest absolute Gasteiger partial charge is 0.508 e. The van der Waals surface area contributed by atoms with Gasteiger partial charge in [0, 0.05) is 25.1 Å². The average Bonchev–Trinajstić information content (AvgIpc) is 2.71. The molecule has 158 valence electrons. The molecule has 0 bridgehead atoms. The fraction of sp³-hybridized carbons (Fsp3) is 0.300. The molecular weight excluding hydrogens is 408 g/mol. The van der Waals surface area contributed by atoms with E-state index in [1.165, 1.54) is 12.1 Å². The monoisotopic (exact) mass is 430 g/mol. The molecule has 2 unspecified atom stereocenters. The van der Waals surface area contributed by atoms with Gasteiger partial charge in [0.1, 0.15) is 23.1 Å². The maximum Gasteiger partial charge on any atom is 0.257 e. The zero-order valence-corrected chi connectivity index (χ0v) is 16.9. The van der Waals surface area contributed by atoms with Crippen LogP contribution in [0, 0.1) is 5.92 Å². The molecular formula is C20H22N4O5S. The van der Waals surface area contributed by atoms with E-state index in [0.717, 1.165) is 18.9 Å². The first-order valence-electron chi connectivity index (χ1n) is 9.52. The summed E-state index contributed by atoms with van der Waals surface area (Å²) in [4.78, 5) is 14.5. The topological polar surface area (TPSA) is 137 Å². The smallest absolute Gasteiger partial charge is 0.257 e. The highest BCUT2D eigenvalue weighted by Crippen LogP contribution is 2.31. The Hall–Kier alpha value is -3.27. The van der Waals surface area contributed by atoms with Gasteiger partial charge in [-0.2, -0.15) is 4.40 Å². The second-order valence-electron chi connectivity index (χ2n) is 7.28. The van der Waals surface area contributed by atoms with E-state index in [-0.39, 0.29) is 34.7 Å². The molecule has 2 aliphatic heterocycles. The lowest BCUT2D eigenvalue weighted by Gasteiger charge is -2.33. The molecule has 2 aliphatic rings. The number of carbonyl (C=O) groups is 1. The predicted molar refractivity (Wildman–Crippen MR) is 113 cm³/mol. The van der Waals surface area contributed by atoms with Crippen molar-refractivity contribution in [2.24, 2.45) is 16.0 Å². The molecule has 1 fully saturated rings. The van der Waals surface area contributed by atoms with Crippen molar-refractivity contribution < 1.29 is 24.0 Å². The molecule has 4 rings (SSSR count). The van der Waals surface area contributed by atoms with Crippen LogP contribution in [0.1, 0.15) is 28.8 Å². The van der Waals surface area contributed by atoms with Crippen LogP contribution >= 0.6 is 0 Å². The number of nitrogens with zero attached hydrogens (tertiary/aromatic N) is 2. The van der Waals surface area contributed by atoms with Crippen LogP contribution in [0.2, 0.25) is 0 Å². The number of phenolic OH excluding ortho intramolecular Hbond substituents is 2. The fourth-order valence-corrected chi connectivity index (χ4v) is 4.39. The van der Waals surface area contributed by atoms with Crippen molar-refractivity contribution in [3.8, 4) is 17.2 Å². The third-order valence-corrected chi connectivity index (χ3v) is 5.91. The Morgan fingerprint density at radius 3 is 2.97 bits per heavy atom. The van der Waals surface area contributed by atoms with Crippen molar-refractivity contribution in [1.82, 2.24) is 4.90 Å². The number of phenols is 2. The zero-order valence-electron chi connectivity index (χ0n) is 16.1. The summed E-state index contributed by atoms with van der Waals surface area (Å²) in [7, 11) is 0. The lowest BCUT2D eigenvalue weighted by molar-refractivity contribution is 0.0630. The van der Waals surface area contributed by atoms with E-state index in [4.69, 9.17) is 10.5 Å². The van der Waals surface area contributed by atoms with E-state index in [1.54, 1.807) is 23.1 Å². The lowest BCUT2D eigenvalue weighted by Crippen LogP contribution is -2.41. The van der Waals surface area contributed by atoms with Gasteiger partial charge in [-0.15, -0.1) is 0 Å². The Morgan fingerprint density at radius 2 is 2.17 bits per heavy atom. The minimum Gasteiger partial charge on any atom is -0.508 e. The maximum absolute atomic E-state index is 12.8. The third-order valence-electron chi connectivity index (χ3n) is 5.15. The molecule has 0 aliphatic carbocycles. The molecule has 0 spiro atoms. The van der Waals surface area contributed by atoms with Gasteiger partial charge in [-0.25, -0.2) is 4.21 Å². The van der Waals surface area contributed by atoms with E-state index < -0.39 is 11.2 Å². The molecule has 9 nitrogen and oxygen atoms in total. The summed E-state index contributed by atoms with van der Waals surface area (Å²) in [5.41, 5.74) is 7.28. The van der Waals surface area contributed by atoms with E-state index in [2.05, 4.69) is 9.12 Å². The summed E-state index contributed by atoms with van der Waals surface area (Å²) in [5, 5.41) is 19.4. The number of piperidine rings is 1. The van der Waals surface area contributed by atoms with Crippen molar-refractivity contribution in [2.45, 2.75) is 12.8 Å². The Balaban J connectivity index is 1.44. The van der Waals surface area contributed by atoms with Gasteiger partial charge in [-0.1, -0.05) is 6.07 Å². The number of hydrogen-bond acceptors (Lipinski definition) is 6. The average molecular weight is 430 g/mol. The number of amidine groups is 1. The standard InChI is InChI=1S/C20H22N4O5S/c21-19-18-15(22-30(28)23-19)4-1-5-17(18)29-11-12-3-2-8-24(10-12)20(27)14-7-6-13(25)9-16(14)26/h1,4-7,9,12,22,25-26H,2-3,8,10-11H2,(H2,21,23). The molecule has 2 atom stereocenters. The van der Waals surface area contributed by atoms with Gasteiger partial charge in [0.25, 0.3) is 5.91 Å². The summed E-state index contributed by atoms with van der Waals surface area (Å²) in [5.74, 6) is 0.174. The fourth-order valence-electron chi connectivity index (χ4n) is 3.72. The Labute approximate surface area is 175 Å². The van der Waals surface area contributed by atoms with Crippen LogP contribution in [0.3, 0.4) is 0 Å². The molecule has 2 aromatic rings. The Kier molecular flexibility index (Phi) is 5.49. The first-order valence-corrected chi connectivity index (χ1v) is 10.6. The minimum atomic E-state index is -1.60. The number of ether oxygens (including phenoxy) is 1. The first kappa shape index (κ1) is 20.0. The number of carbonyl (C=O) groups excluding carboxylic acids is 1. The first-order chi connectivity index (χ1) is 14.4. The van der Waals surface area contributed by atoms with Crippen LogP contribution in [0.15, 0.2) is 40.8 Å². The van der Waals surface area contributed by atoms with Gasteiger partial charge in [0.05, 0.1) is 23.4 Å². The Morgan fingerprint density at radius 1 is 1.33 bits per heavy atom. The molecule has 2 heterocycles. The van der Waals surface area contributed by atoms with Gasteiger partial charge in [0.2, 0.25) is 11.2 Å². The number of rotatable bonds is 4. The molecule has 0 radical (unpaired) electrons.